The third-order valence-corrected chi connectivity index (χ3v) is 6.52. The van der Waals surface area contributed by atoms with Gasteiger partial charge in [0.2, 0.25) is 0 Å². The van der Waals surface area contributed by atoms with E-state index in [0.29, 0.717) is 11.8 Å². The molecule has 3 aliphatic rings. The minimum atomic E-state index is -0.235. The second kappa shape index (κ2) is 9.13. The third kappa shape index (κ3) is 4.43. The molecule has 0 aromatic heterocycles. The molecule has 4 atom stereocenters. The molecule has 3 nitrogen and oxygen atoms in total. The molecule has 2 unspecified atom stereocenters. The van der Waals surface area contributed by atoms with Crippen molar-refractivity contribution in [3.05, 3.63) is 59.4 Å². The van der Waals surface area contributed by atoms with Crippen molar-refractivity contribution in [3.8, 4) is 0 Å². The highest BCUT2D eigenvalue weighted by molar-refractivity contribution is 6.34. The van der Waals surface area contributed by atoms with Gasteiger partial charge in [-0.05, 0) is 36.8 Å². The number of hydrogen-bond acceptors (Lipinski definition) is 3. The van der Waals surface area contributed by atoms with Gasteiger partial charge in [0.05, 0.1) is 6.10 Å². The number of ether oxygens (including phenoxy) is 1. The molecule has 0 spiro atoms. The molecular weight excluding hydrogens is 343 g/mol. The van der Waals surface area contributed by atoms with E-state index in [9.17, 15) is 0 Å². The van der Waals surface area contributed by atoms with Gasteiger partial charge < -0.3 is 15.5 Å². The lowest BCUT2D eigenvalue weighted by atomic mass is 9.69. The van der Waals surface area contributed by atoms with E-state index in [4.69, 9.17) is 10.1 Å². The van der Waals surface area contributed by atoms with Gasteiger partial charge >= 0.3 is 0 Å². The number of allylic oxidation sites excluding steroid dienone is 7. The van der Waals surface area contributed by atoms with Crippen molar-refractivity contribution in [1.29, 1.82) is 5.41 Å². The van der Waals surface area contributed by atoms with Crippen molar-refractivity contribution in [2.45, 2.75) is 58.5 Å². The lowest BCUT2D eigenvalue weighted by molar-refractivity contribution is -0.0103. The predicted molar refractivity (Wildman–Crippen MR) is 121 cm³/mol. The summed E-state index contributed by atoms with van der Waals surface area (Å²) in [4.78, 5) is 0. The van der Waals surface area contributed by atoms with E-state index in [-0.39, 0.29) is 17.6 Å². The highest BCUT2D eigenvalue weighted by atomic mass is 16.5. The molecule has 3 rings (SSSR count). The van der Waals surface area contributed by atoms with E-state index in [1.54, 1.807) is 0 Å². The zero-order chi connectivity index (χ0) is 20.1. The minimum absolute atomic E-state index is 0.0664. The monoisotopic (exact) mass is 378 g/mol. The van der Waals surface area contributed by atoms with Crippen LogP contribution in [0.5, 0.6) is 0 Å². The Morgan fingerprint density at radius 2 is 2.04 bits per heavy atom. The van der Waals surface area contributed by atoms with Gasteiger partial charge in [-0.15, -0.1) is 0 Å². The molecule has 0 aromatic rings. The van der Waals surface area contributed by atoms with Gasteiger partial charge in [-0.25, -0.2) is 0 Å². The first-order valence-corrected chi connectivity index (χ1v) is 10.8. The van der Waals surface area contributed by atoms with Crippen LogP contribution < -0.4 is 5.32 Å². The average molecular weight is 378 g/mol. The standard InChI is InChI=1S/C24H35BN2O/c1-24(2,21-12-9-17(15-25-3)13-22(21)27-4)23(16-26)28-20-11-10-18-7-5-6-8-19(18)14-20/h5-8,10-11,13,16,18-20,23,25-27H,9,12,14-15H2,1-4H3/t18-,19?,20+,23?/m0/s1. The van der Waals surface area contributed by atoms with Gasteiger partial charge in [0.15, 0.2) is 0 Å². The molecule has 2 N–H and O–H groups in total. The Bertz CT molecular complexity index is 729. The predicted octanol–water partition coefficient (Wildman–Crippen LogP) is 4.83. The van der Waals surface area contributed by atoms with Crippen LogP contribution in [0.4, 0.5) is 0 Å². The van der Waals surface area contributed by atoms with E-state index < -0.39 is 0 Å². The lowest BCUT2D eigenvalue weighted by Crippen LogP contribution is -2.40. The lowest BCUT2D eigenvalue weighted by Gasteiger charge is -2.40. The smallest absolute Gasteiger partial charge is 0.122 e. The molecule has 150 valence electrons. The van der Waals surface area contributed by atoms with E-state index in [1.165, 1.54) is 36.7 Å². The molecular formula is C24H35BN2O. The van der Waals surface area contributed by atoms with Crippen LogP contribution in [0, 0.1) is 22.7 Å². The van der Waals surface area contributed by atoms with Crippen LogP contribution in [0.3, 0.4) is 0 Å². The van der Waals surface area contributed by atoms with Gasteiger partial charge in [0.1, 0.15) is 13.4 Å². The molecule has 0 fully saturated rings. The molecule has 0 saturated heterocycles. The van der Waals surface area contributed by atoms with E-state index >= 15 is 0 Å². The Kier molecular flexibility index (Phi) is 6.82. The minimum Gasteiger partial charge on any atom is -0.388 e. The molecule has 0 amide bonds. The van der Waals surface area contributed by atoms with E-state index in [0.717, 1.165) is 19.3 Å². The van der Waals surface area contributed by atoms with Crippen molar-refractivity contribution in [2.75, 3.05) is 7.05 Å². The fourth-order valence-electron chi connectivity index (χ4n) is 4.78. The highest BCUT2D eigenvalue weighted by Gasteiger charge is 2.37. The zero-order valence-electron chi connectivity index (χ0n) is 17.9. The van der Waals surface area contributed by atoms with Crippen molar-refractivity contribution < 1.29 is 4.74 Å². The van der Waals surface area contributed by atoms with Crippen LogP contribution in [-0.2, 0) is 4.74 Å². The maximum absolute atomic E-state index is 8.11. The van der Waals surface area contributed by atoms with Crippen LogP contribution in [0.15, 0.2) is 59.4 Å². The fraction of sp³-hybridized carbons (Fsp3) is 0.542. The van der Waals surface area contributed by atoms with Crippen LogP contribution in [0.2, 0.25) is 13.1 Å². The van der Waals surface area contributed by atoms with Gasteiger partial charge in [-0.1, -0.05) is 69.0 Å². The van der Waals surface area contributed by atoms with Crippen molar-refractivity contribution >= 4 is 13.5 Å². The largest absolute Gasteiger partial charge is 0.388 e. The Morgan fingerprint density at radius 1 is 1.25 bits per heavy atom. The maximum Gasteiger partial charge on any atom is 0.122 e. The quantitative estimate of drug-likeness (QED) is 0.361. The highest BCUT2D eigenvalue weighted by Crippen LogP contribution is 2.41. The molecule has 0 saturated carbocycles. The summed E-state index contributed by atoms with van der Waals surface area (Å²) in [6.45, 7) is 6.70. The van der Waals surface area contributed by atoms with Gasteiger partial charge in [0, 0.05) is 30.3 Å². The fourth-order valence-corrected chi connectivity index (χ4v) is 4.78. The van der Waals surface area contributed by atoms with Crippen molar-refractivity contribution in [3.63, 3.8) is 0 Å². The van der Waals surface area contributed by atoms with E-state index in [2.05, 4.69) is 68.5 Å². The summed E-state index contributed by atoms with van der Waals surface area (Å²) in [5, 5.41) is 11.5. The van der Waals surface area contributed by atoms with Gasteiger partial charge in [0.25, 0.3) is 0 Å². The van der Waals surface area contributed by atoms with Gasteiger partial charge in [-0.3, -0.25) is 0 Å². The molecule has 3 aliphatic carbocycles. The summed E-state index contributed by atoms with van der Waals surface area (Å²) in [6.07, 6.45) is 21.3. The summed E-state index contributed by atoms with van der Waals surface area (Å²) >= 11 is 0. The number of likely N-dealkylation sites (N-methyl/N-ethyl adjacent to an activating group) is 1. The second-order valence-electron chi connectivity index (χ2n) is 8.81. The summed E-state index contributed by atoms with van der Waals surface area (Å²) in [6, 6.07) is 0. The SMILES string of the molecule is CBCC1=CC(NC)=C(C(C)(C)C(C=N)O[C@@H]2C=C[C@@H]3C=CC=CC3C2)CC1. The molecule has 0 heterocycles. The van der Waals surface area contributed by atoms with E-state index in [1.807, 2.05) is 7.05 Å². The van der Waals surface area contributed by atoms with Crippen LogP contribution in [0.1, 0.15) is 33.1 Å². The summed E-state index contributed by atoms with van der Waals surface area (Å²) in [5.74, 6) is 1.01. The molecule has 0 radical (unpaired) electrons. The molecule has 28 heavy (non-hydrogen) atoms. The maximum atomic E-state index is 8.11. The van der Waals surface area contributed by atoms with Crippen molar-refractivity contribution in [1.82, 2.24) is 5.32 Å². The van der Waals surface area contributed by atoms with Crippen LogP contribution in [-0.4, -0.2) is 32.7 Å². The normalized spacial score (nSPS) is 27.9. The van der Waals surface area contributed by atoms with Crippen LogP contribution in [0.25, 0.3) is 0 Å². The van der Waals surface area contributed by atoms with Crippen molar-refractivity contribution in [2.24, 2.45) is 17.3 Å². The Hall–Kier alpha value is -1.81. The number of rotatable bonds is 8. The Balaban J connectivity index is 1.78. The molecule has 0 aliphatic heterocycles. The first-order valence-electron chi connectivity index (χ1n) is 10.8. The Morgan fingerprint density at radius 3 is 2.75 bits per heavy atom. The average Bonchev–Trinajstić information content (AvgIpc) is 2.71. The molecule has 0 bridgehead atoms. The third-order valence-electron chi connectivity index (χ3n) is 6.52. The Labute approximate surface area is 171 Å². The number of hydrogen-bond donors (Lipinski definition) is 2. The summed E-state index contributed by atoms with van der Waals surface area (Å²) in [5.41, 5.74) is 3.90. The summed E-state index contributed by atoms with van der Waals surface area (Å²) < 4.78 is 6.50. The summed E-state index contributed by atoms with van der Waals surface area (Å²) in [7, 11) is 3.19. The second-order valence-corrected chi connectivity index (χ2v) is 8.81. The number of fused-ring (bicyclic) bond motifs is 1. The first-order chi connectivity index (χ1) is 13.5. The first kappa shape index (κ1) is 20.9. The topological polar surface area (TPSA) is 45.1 Å². The van der Waals surface area contributed by atoms with Crippen LogP contribution >= 0.6 is 0 Å². The van der Waals surface area contributed by atoms with Gasteiger partial charge in [-0.2, -0.15) is 0 Å². The molecule has 0 aromatic carbocycles. The zero-order valence-corrected chi connectivity index (χ0v) is 17.9. The molecule has 4 heteroatoms. The number of nitrogens with one attached hydrogen (secondary N) is 2.